The van der Waals surface area contributed by atoms with E-state index in [2.05, 4.69) is 10.3 Å². The molecular formula is C16H19N3O3S. The lowest BCUT2D eigenvalue weighted by Gasteiger charge is -2.20. The van der Waals surface area contributed by atoms with E-state index in [1.165, 1.54) is 11.3 Å². The third-order valence-corrected chi connectivity index (χ3v) is 5.13. The van der Waals surface area contributed by atoms with Gasteiger partial charge in [-0.3, -0.25) is 4.79 Å². The van der Waals surface area contributed by atoms with Gasteiger partial charge in [0.15, 0.2) is 5.13 Å². The van der Waals surface area contributed by atoms with Crippen LogP contribution in [-0.4, -0.2) is 25.1 Å². The summed E-state index contributed by atoms with van der Waals surface area (Å²) in [6.07, 6.45) is 0.344. The molecule has 6 nitrogen and oxygen atoms in total. The molecule has 1 amide bonds. The zero-order valence-electron chi connectivity index (χ0n) is 13.3. The van der Waals surface area contributed by atoms with E-state index in [9.17, 15) is 4.79 Å². The van der Waals surface area contributed by atoms with Crippen molar-refractivity contribution in [2.24, 2.45) is 0 Å². The van der Waals surface area contributed by atoms with Crippen LogP contribution in [0.25, 0.3) is 0 Å². The van der Waals surface area contributed by atoms with Gasteiger partial charge in [-0.2, -0.15) is 0 Å². The standard InChI is InChI=1S/C16H19N3O3S/c1-8-12(21-2)5-4-9(14(8)22-3)10-6-13(20)18-7-11-15(10)23-16(17)19-11/h4-5,10H,6-7H2,1-3H3,(H2,17,19)(H,18,20). The Kier molecular flexibility index (Phi) is 4.12. The van der Waals surface area contributed by atoms with E-state index in [1.807, 2.05) is 19.1 Å². The van der Waals surface area contributed by atoms with Crippen molar-refractivity contribution in [1.29, 1.82) is 0 Å². The zero-order valence-corrected chi connectivity index (χ0v) is 14.1. The van der Waals surface area contributed by atoms with Gasteiger partial charge in [0.25, 0.3) is 0 Å². The third kappa shape index (κ3) is 2.72. The summed E-state index contributed by atoms with van der Waals surface area (Å²) in [6, 6.07) is 3.85. The number of ether oxygens (including phenoxy) is 2. The lowest BCUT2D eigenvalue weighted by Crippen LogP contribution is -2.21. The van der Waals surface area contributed by atoms with Gasteiger partial charge in [0.1, 0.15) is 11.5 Å². The molecule has 0 bridgehead atoms. The van der Waals surface area contributed by atoms with E-state index < -0.39 is 0 Å². The summed E-state index contributed by atoms with van der Waals surface area (Å²) in [5.41, 5.74) is 8.57. The number of nitrogens with two attached hydrogens (primary N) is 1. The number of nitrogen functional groups attached to an aromatic ring is 1. The fourth-order valence-electron chi connectivity index (χ4n) is 3.03. The number of benzene rings is 1. The van der Waals surface area contributed by atoms with Crippen molar-refractivity contribution in [2.75, 3.05) is 20.0 Å². The smallest absolute Gasteiger partial charge is 0.221 e. The normalized spacial score (nSPS) is 17.2. The number of hydrogen-bond acceptors (Lipinski definition) is 6. The van der Waals surface area contributed by atoms with Gasteiger partial charge in [0.2, 0.25) is 5.91 Å². The number of nitrogens with zero attached hydrogens (tertiary/aromatic N) is 1. The fourth-order valence-corrected chi connectivity index (χ4v) is 4.00. The summed E-state index contributed by atoms with van der Waals surface area (Å²) in [6.45, 7) is 2.36. The minimum atomic E-state index is -0.123. The van der Waals surface area contributed by atoms with Gasteiger partial charge >= 0.3 is 0 Å². The third-order valence-electron chi connectivity index (χ3n) is 4.09. The Labute approximate surface area is 138 Å². The predicted octanol–water partition coefficient (Wildman–Crippen LogP) is 2.20. The minimum absolute atomic E-state index is 0.00528. The minimum Gasteiger partial charge on any atom is -0.496 e. The maximum atomic E-state index is 12.1. The Morgan fingerprint density at radius 1 is 1.35 bits per heavy atom. The van der Waals surface area contributed by atoms with E-state index in [0.717, 1.165) is 33.2 Å². The van der Waals surface area contributed by atoms with Gasteiger partial charge in [0.05, 0.1) is 26.5 Å². The van der Waals surface area contributed by atoms with E-state index >= 15 is 0 Å². The number of thiazole rings is 1. The first-order valence-corrected chi connectivity index (χ1v) is 8.10. The lowest BCUT2D eigenvalue weighted by atomic mass is 9.91. The van der Waals surface area contributed by atoms with Crippen molar-refractivity contribution in [1.82, 2.24) is 10.3 Å². The van der Waals surface area contributed by atoms with Crippen LogP contribution in [-0.2, 0) is 11.3 Å². The Morgan fingerprint density at radius 2 is 2.13 bits per heavy atom. The molecule has 1 aliphatic rings. The summed E-state index contributed by atoms with van der Waals surface area (Å²) in [5.74, 6) is 1.37. The monoisotopic (exact) mass is 333 g/mol. The van der Waals surface area contributed by atoms with Crippen molar-refractivity contribution in [3.05, 3.63) is 33.8 Å². The van der Waals surface area contributed by atoms with Gasteiger partial charge in [-0.15, -0.1) is 11.3 Å². The van der Waals surface area contributed by atoms with Crippen LogP contribution < -0.4 is 20.5 Å². The summed E-state index contributed by atoms with van der Waals surface area (Å²) in [5, 5.41) is 3.39. The molecule has 0 fully saturated rings. The number of fused-ring (bicyclic) bond motifs is 1. The molecule has 1 aromatic heterocycles. The first-order chi connectivity index (χ1) is 11.0. The number of nitrogens with one attached hydrogen (secondary N) is 1. The highest BCUT2D eigenvalue weighted by molar-refractivity contribution is 7.15. The van der Waals surface area contributed by atoms with E-state index in [4.69, 9.17) is 15.2 Å². The molecule has 1 unspecified atom stereocenters. The van der Waals surface area contributed by atoms with Crippen molar-refractivity contribution in [3.8, 4) is 11.5 Å². The molecule has 3 N–H and O–H groups in total. The average molecular weight is 333 g/mol. The molecule has 122 valence electrons. The number of carbonyl (C=O) groups is 1. The molecular weight excluding hydrogens is 314 g/mol. The lowest BCUT2D eigenvalue weighted by molar-refractivity contribution is -0.121. The zero-order chi connectivity index (χ0) is 16.6. The summed E-state index contributed by atoms with van der Waals surface area (Å²) in [4.78, 5) is 17.5. The molecule has 0 radical (unpaired) electrons. The van der Waals surface area contributed by atoms with Crippen LogP contribution in [0.4, 0.5) is 5.13 Å². The predicted molar refractivity (Wildman–Crippen MR) is 89.1 cm³/mol. The number of methoxy groups -OCH3 is 2. The van der Waals surface area contributed by atoms with Crippen LogP contribution in [0.3, 0.4) is 0 Å². The maximum Gasteiger partial charge on any atom is 0.221 e. The number of carbonyl (C=O) groups excluding carboxylic acids is 1. The maximum absolute atomic E-state index is 12.1. The molecule has 23 heavy (non-hydrogen) atoms. The molecule has 1 atom stereocenters. The summed E-state index contributed by atoms with van der Waals surface area (Å²) < 4.78 is 11.0. The molecule has 2 aromatic rings. The number of hydrogen-bond donors (Lipinski definition) is 2. The number of rotatable bonds is 3. The largest absolute Gasteiger partial charge is 0.496 e. The Morgan fingerprint density at radius 3 is 2.83 bits per heavy atom. The number of aromatic nitrogens is 1. The quantitative estimate of drug-likeness (QED) is 0.899. The average Bonchev–Trinajstić information content (AvgIpc) is 2.84. The molecule has 1 aliphatic heterocycles. The van der Waals surface area contributed by atoms with Gasteiger partial charge in [-0.05, 0) is 13.0 Å². The van der Waals surface area contributed by atoms with Gasteiger partial charge in [0, 0.05) is 28.3 Å². The second-order valence-corrected chi connectivity index (χ2v) is 6.47. The van der Waals surface area contributed by atoms with Gasteiger partial charge in [-0.1, -0.05) is 6.07 Å². The second kappa shape index (κ2) is 6.08. The highest BCUT2D eigenvalue weighted by Crippen LogP contribution is 2.43. The summed E-state index contributed by atoms with van der Waals surface area (Å²) >= 11 is 1.43. The molecule has 2 heterocycles. The van der Waals surface area contributed by atoms with Crippen LogP contribution in [0.1, 0.15) is 34.0 Å². The van der Waals surface area contributed by atoms with Crippen molar-refractivity contribution >= 4 is 22.4 Å². The molecule has 0 saturated carbocycles. The van der Waals surface area contributed by atoms with E-state index in [0.29, 0.717) is 18.1 Å². The van der Waals surface area contributed by atoms with Crippen molar-refractivity contribution in [2.45, 2.75) is 25.8 Å². The highest BCUT2D eigenvalue weighted by atomic mass is 32.1. The van der Waals surface area contributed by atoms with E-state index in [-0.39, 0.29) is 11.8 Å². The molecule has 0 saturated heterocycles. The first-order valence-electron chi connectivity index (χ1n) is 7.28. The Balaban J connectivity index is 2.16. The second-order valence-electron chi connectivity index (χ2n) is 5.41. The SMILES string of the molecule is COc1ccc(C2CC(=O)NCc3nc(N)sc32)c(OC)c1C. The number of amides is 1. The van der Waals surface area contributed by atoms with E-state index in [1.54, 1.807) is 14.2 Å². The van der Waals surface area contributed by atoms with Crippen LogP contribution in [0.5, 0.6) is 11.5 Å². The highest BCUT2D eigenvalue weighted by Gasteiger charge is 2.30. The van der Waals surface area contributed by atoms with Gasteiger partial charge in [-0.25, -0.2) is 4.98 Å². The molecule has 3 rings (SSSR count). The molecule has 7 heteroatoms. The fraction of sp³-hybridized carbons (Fsp3) is 0.375. The van der Waals surface area contributed by atoms with Crippen LogP contribution in [0.2, 0.25) is 0 Å². The summed E-state index contributed by atoms with van der Waals surface area (Å²) in [7, 11) is 3.26. The number of anilines is 1. The molecule has 0 spiro atoms. The van der Waals surface area contributed by atoms with Crippen molar-refractivity contribution in [3.63, 3.8) is 0 Å². The first kappa shape index (κ1) is 15.6. The Bertz CT molecular complexity index is 757. The van der Waals surface area contributed by atoms with Crippen LogP contribution in [0.15, 0.2) is 12.1 Å². The van der Waals surface area contributed by atoms with Crippen LogP contribution >= 0.6 is 11.3 Å². The van der Waals surface area contributed by atoms with Crippen molar-refractivity contribution < 1.29 is 14.3 Å². The Hall–Kier alpha value is -2.28. The molecule has 0 aliphatic carbocycles. The van der Waals surface area contributed by atoms with Gasteiger partial charge < -0.3 is 20.5 Å². The topological polar surface area (TPSA) is 86.5 Å². The molecule has 1 aromatic carbocycles. The van der Waals surface area contributed by atoms with Crippen LogP contribution in [0, 0.1) is 6.92 Å².